The van der Waals surface area contributed by atoms with E-state index in [4.69, 9.17) is 9.47 Å². The summed E-state index contributed by atoms with van der Waals surface area (Å²) in [5, 5.41) is 2.88. The molecule has 19 heavy (non-hydrogen) atoms. The molecule has 0 saturated heterocycles. The predicted octanol–water partition coefficient (Wildman–Crippen LogP) is 1.28. The first-order valence-electron chi connectivity index (χ1n) is 6.32. The molecule has 1 atom stereocenters. The van der Waals surface area contributed by atoms with Crippen molar-refractivity contribution < 1.29 is 14.3 Å². The molecule has 0 aliphatic carbocycles. The summed E-state index contributed by atoms with van der Waals surface area (Å²) in [6, 6.07) is 7.25. The van der Waals surface area contributed by atoms with Crippen LogP contribution in [0, 0.1) is 0 Å². The molecule has 0 radical (unpaired) electrons. The average Bonchev–Trinajstić information content (AvgIpc) is 2.40. The van der Waals surface area contributed by atoms with Crippen molar-refractivity contribution >= 4 is 11.7 Å². The van der Waals surface area contributed by atoms with E-state index in [1.165, 1.54) is 0 Å². The van der Waals surface area contributed by atoms with Crippen molar-refractivity contribution in [1.29, 1.82) is 0 Å². The molecule has 1 N–H and O–H groups in total. The van der Waals surface area contributed by atoms with Crippen LogP contribution in [0.5, 0.6) is 5.75 Å². The predicted molar refractivity (Wildman–Crippen MR) is 75.7 cm³/mol. The summed E-state index contributed by atoms with van der Waals surface area (Å²) in [5.41, 5.74) is 1.05. The second kappa shape index (κ2) is 7.63. The van der Waals surface area contributed by atoms with E-state index in [0.29, 0.717) is 6.61 Å². The first-order valence-corrected chi connectivity index (χ1v) is 6.32. The number of hydrogen-bond acceptors (Lipinski definition) is 5. The number of anilines is 1. The van der Waals surface area contributed by atoms with E-state index in [9.17, 15) is 4.79 Å². The van der Waals surface area contributed by atoms with E-state index in [1.807, 2.05) is 43.3 Å². The maximum atomic E-state index is 11.6. The summed E-state index contributed by atoms with van der Waals surface area (Å²) in [6.07, 6.45) is 0. The molecule has 0 heterocycles. The highest BCUT2D eigenvalue weighted by atomic mass is 16.5. The van der Waals surface area contributed by atoms with Crippen LogP contribution >= 0.6 is 0 Å². The molecular formula is C14H22N2O3. The van der Waals surface area contributed by atoms with E-state index < -0.39 is 6.04 Å². The van der Waals surface area contributed by atoms with Gasteiger partial charge in [0.2, 0.25) is 0 Å². The van der Waals surface area contributed by atoms with Gasteiger partial charge in [-0.25, -0.2) is 0 Å². The molecule has 0 aliphatic heterocycles. The minimum atomic E-state index is -0.456. The van der Waals surface area contributed by atoms with Crippen LogP contribution in [0.25, 0.3) is 0 Å². The Bertz CT molecular complexity index is 407. The first-order chi connectivity index (χ1) is 9.08. The summed E-state index contributed by atoms with van der Waals surface area (Å²) in [6.45, 7) is 2.39. The molecule has 0 aliphatic rings. The lowest BCUT2D eigenvalue weighted by atomic mass is 10.3. The van der Waals surface area contributed by atoms with Crippen LogP contribution in [-0.2, 0) is 9.53 Å². The van der Waals surface area contributed by atoms with Gasteiger partial charge in [-0.3, -0.25) is 4.79 Å². The Labute approximate surface area is 114 Å². The van der Waals surface area contributed by atoms with Gasteiger partial charge in [0.1, 0.15) is 18.4 Å². The number of hydrogen-bond donors (Lipinski definition) is 1. The summed E-state index contributed by atoms with van der Waals surface area (Å²) < 4.78 is 10.6. The maximum absolute atomic E-state index is 11.6. The summed E-state index contributed by atoms with van der Waals surface area (Å²) in [5.74, 6) is 0.435. The van der Waals surface area contributed by atoms with Gasteiger partial charge >= 0.3 is 5.97 Å². The lowest BCUT2D eigenvalue weighted by molar-refractivity contribution is -0.146. The number of likely N-dealkylation sites (N-methyl/N-ethyl adjacent to an activating group) is 1. The lowest BCUT2D eigenvalue weighted by Gasteiger charge is -2.17. The van der Waals surface area contributed by atoms with Crippen LogP contribution in [0.3, 0.4) is 0 Å². The zero-order chi connectivity index (χ0) is 14.3. The second-order valence-corrected chi connectivity index (χ2v) is 4.30. The number of rotatable bonds is 7. The maximum Gasteiger partial charge on any atom is 0.326 e. The van der Waals surface area contributed by atoms with Gasteiger partial charge in [0, 0.05) is 25.8 Å². The monoisotopic (exact) mass is 266 g/mol. The van der Waals surface area contributed by atoms with E-state index in [-0.39, 0.29) is 12.6 Å². The van der Waals surface area contributed by atoms with E-state index in [0.717, 1.165) is 11.4 Å². The van der Waals surface area contributed by atoms with E-state index in [1.54, 1.807) is 14.0 Å². The van der Waals surface area contributed by atoms with Crippen molar-refractivity contribution in [1.82, 2.24) is 5.32 Å². The SMILES string of the molecule is CCOC(=O)C(COc1cccc(N(C)C)c1)NC. The Kier molecular flexibility index (Phi) is 6.15. The number of nitrogens with one attached hydrogen (secondary N) is 1. The number of carbonyl (C=O) groups excluding carboxylic acids is 1. The van der Waals surface area contributed by atoms with Crippen molar-refractivity contribution in [3.63, 3.8) is 0 Å². The van der Waals surface area contributed by atoms with Gasteiger partial charge in [-0.05, 0) is 26.1 Å². The van der Waals surface area contributed by atoms with Crippen LogP contribution < -0.4 is 15.0 Å². The molecule has 5 heteroatoms. The molecule has 1 aromatic carbocycles. The fourth-order valence-electron chi connectivity index (χ4n) is 1.54. The van der Waals surface area contributed by atoms with Gasteiger partial charge < -0.3 is 19.7 Å². The van der Waals surface area contributed by atoms with Gasteiger partial charge in [0.25, 0.3) is 0 Å². The molecule has 0 saturated carbocycles. The Morgan fingerprint density at radius 1 is 1.42 bits per heavy atom. The molecule has 0 bridgehead atoms. The number of esters is 1. The minimum Gasteiger partial charge on any atom is -0.491 e. The van der Waals surface area contributed by atoms with Crippen molar-refractivity contribution in [2.24, 2.45) is 0 Å². The zero-order valence-electron chi connectivity index (χ0n) is 12.0. The van der Waals surface area contributed by atoms with Gasteiger partial charge in [0.15, 0.2) is 0 Å². The molecule has 1 unspecified atom stereocenters. The second-order valence-electron chi connectivity index (χ2n) is 4.30. The third-order valence-corrected chi connectivity index (χ3v) is 2.67. The van der Waals surface area contributed by atoms with Gasteiger partial charge in [-0.2, -0.15) is 0 Å². The Balaban J connectivity index is 2.59. The highest BCUT2D eigenvalue weighted by molar-refractivity contribution is 5.75. The molecule has 0 spiro atoms. The quantitative estimate of drug-likeness (QED) is 0.754. The minimum absolute atomic E-state index is 0.242. The van der Waals surface area contributed by atoms with Crippen molar-refractivity contribution in [2.75, 3.05) is 39.3 Å². The molecule has 1 aromatic rings. The van der Waals surface area contributed by atoms with Crippen molar-refractivity contribution in [2.45, 2.75) is 13.0 Å². The zero-order valence-corrected chi connectivity index (χ0v) is 12.0. The Hall–Kier alpha value is -1.75. The largest absolute Gasteiger partial charge is 0.491 e. The van der Waals surface area contributed by atoms with Crippen LogP contribution in [0.1, 0.15) is 6.92 Å². The number of carbonyl (C=O) groups is 1. The number of ether oxygens (including phenoxy) is 2. The molecule has 5 nitrogen and oxygen atoms in total. The standard InChI is InChI=1S/C14H22N2O3/c1-5-18-14(17)13(15-2)10-19-12-8-6-7-11(9-12)16(3)4/h6-9,13,15H,5,10H2,1-4H3. The van der Waals surface area contributed by atoms with Crippen molar-refractivity contribution in [3.8, 4) is 5.75 Å². The number of benzene rings is 1. The number of nitrogens with zero attached hydrogens (tertiary/aromatic N) is 1. The third-order valence-electron chi connectivity index (χ3n) is 2.67. The van der Waals surface area contributed by atoms with Gasteiger partial charge in [-0.1, -0.05) is 6.07 Å². The van der Waals surface area contributed by atoms with Crippen LogP contribution in [0.2, 0.25) is 0 Å². The fraction of sp³-hybridized carbons (Fsp3) is 0.500. The molecule has 0 aromatic heterocycles. The molecule has 0 fully saturated rings. The van der Waals surface area contributed by atoms with Gasteiger partial charge in [-0.15, -0.1) is 0 Å². The van der Waals surface area contributed by atoms with Crippen LogP contribution in [0.4, 0.5) is 5.69 Å². The topological polar surface area (TPSA) is 50.8 Å². The van der Waals surface area contributed by atoms with Crippen LogP contribution in [0.15, 0.2) is 24.3 Å². The first kappa shape index (κ1) is 15.3. The summed E-state index contributed by atoms with van der Waals surface area (Å²) >= 11 is 0. The molecular weight excluding hydrogens is 244 g/mol. The van der Waals surface area contributed by atoms with Crippen LogP contribution in [-0.4, -0.2) is 46.4 Å². The summed E-state index contributed by atoms with van der Waals surface area (Å²) in [4.78, 5) is 13.6. The highest BCUT2D eigenvalue weighted by Crippen LogP contribution is 2.19. The summed E-state index contributed by atoms with van der Waals surface area (Å²) in [7, 11) is 5.64. The van der Waals surface area contributed by atoms with Gasteiger partial charge in [0.05, 0.1) is 6.61 Å². The smallest absolute Gasteiger partial charge is 0.326 e. The Morgan fingerprint density at radius 3 is 2.74 bits per heavy atom. The Morgan fingerprint density at radius 2 is 2.16 bits per heavy atom. The average molecular weight is 266 g/mol. The van der Waals surface area contributed by atoms with E-state index >= 15 is 0 Å². The molecule has 1 rings (SSSR count). The normalized spacial score (nSPS) is 11.8. The highest BCUT2D eigenvalue weighted by Gasteiger charge is 2.18. The lowest BCUT2D eigenvalue weighted by Crippen LogP contribution is -2.40. The van der Waals surface area contributed by atoms with E-state index in [2.05, 4.69) is 5.32 Å². The fourth-order valence-corrected chi connectivity index (χ4v) is 1.54. The van der Waals surface area contributed by atoms with Crippen molar-refractivity contribution in [3.05, 3.63) is 24.3 Å². The molecule has 106 valence electrons. The molecule has 0 amide bonds. The third kappa shape index (κ3) is 4.79.